The SMILES string of the molecule is Cc1ccccc1-c1ccc2c(c1)c1ccccc1n2-c1ccccc1-c1ccc(-c2cc(-c3ccccc3)nc(-c3ccccc3)n2)cc1-n1c2ccccc2c2cc(-c3ccccc3C)ccc21. The van der Waals surface area contributed by atoms with Crippen LogP contribution in [-0.2, 0) is 0 Å². The van der Waals surface area contributed by atoms with Crippen LogP contribution in [0.3, 0.4) is 0 Å². The van der Waals surface area contributed by atoms with Gasteiger partial charge in [-0.2, -0.15) is 0 Å². The molecule has 0 saturated heterocycles. The highest BCUT2D eigenvalue weighted by Gasteiger charge is 2.23. The fourth-order valence-electron chi connectivity index (χ4n) is 10.7. The molecule has 0 amide bonds. The van der Waals surface area contributed by atoms with Crippen molar-refractivity contribution in [3.8, 4) is 78.7 Å². The number of rotatable bonds is 8. The molecule has 4 heteroatoms. The second kappa shape index (κ2) is 16.9. The Morgan fingerprint density at radius 2 is 0.700 bits per heavy atom. The molecule has 0 bridgehead atoms. The minimum Gasteiger partial charge on any atom is -0.309 e. The van der Waals surface area contributed by atoms with E-state index in [1.54, 1.807) is 0 Å². The van der Waals surface area contributed by atoms with Gasteiger partial charge in [-0.3, -0.25) is 0 Å². The van der Waals surface area contributed by atoms with Gasteiger partial charge in [0.05, 0.1) is 44.8 Å². The molecule has 0 fully saturated rings. The van der Waals surface area contributed by atoms with Gasteiger partial charge in [0, 0.05) is 49.4 Å². The van der Waals surface area contributed by atoms with Crippen molar-refractivity contribution in [1.82, 2.24) is 19.1 Å². The molecule has 3 heterocycles. The molecular weight excluding hydrogens is 849 g/mol. The van der Waals surface area contributed by atoms with Crippen LogP contribution in [0.5, 0.6) is 0 Å². The Hall–Kier alpha value is -9.12. The molecule has 3 aromatic heterocycles. The lowest BCUT2D eigenvalue weighted by atomic mass is 9.97. The van der Waals surface area contributed by atoms with Crippen molar-refractivity contribution in [2.75, 3.05) is 0 Å². The van der Waals surface area contributed by atoms with Crippen LogP contribution < -0.4 is 0 Å². The van der Waals surface area contributed by atoms with E-state index in [9.17, 15) is 0 Å². The molecule has 13 rings (SSSR count). The zero-order valence-electron chi connectivity index (χ0n) is 38.9. The highest BCUT2D eigenvalue weighted by Crippen LogP contribution is 2.44. The van der Waals surface area contributed by atoms with Crippen molar-refractivity contribution in [3.05, 3.63) is 254 Å². The molecule has 0 aliphatic rings. The average Bonchev–Trinajstić information content (AvgIpc) is 3.93. The van der Waals surface area contributed by atoms with Gasteiger partial charge < -0.3 is 9.13 Å². The highest BCUT2D eigenvalue weighted by molar-refractivity contribution is 6.13. The van der Waals surface area contributed by atoms with Crippen molar-refractivity contribution in [2.45, 2.75) is 13.8 Å². The maximum Gasteiger partial charge on any atom is 0.160 e. The number of fused-ring (bicyclic) bond motifs is 6. The zero-order chi connectivity index (χ0) is 46.7. The van der Waals surface area contributed by atoms with Crippen molar-refractivity contribution in [2.24, 2.45) is 0 Å². The third-order valence-corrected chi connectivity index (χ3v) is 14.1. The fourth-order valence-corrected chi connectivity index (χ4v) is 10.7. The molecule has 70 heavy (non-hydrogen) atoms. The molecule has 0 aliphatic heterocycles. The van der Waals surface area contributed by atoms with E-state index in [0.29, 0.717) is 5.82 Å². The Kier molecular flexibility index (Phi) is 9.91. The number of benzene rings is 10. The van der Waals surface area contributed by atoms with E-state index in [1.807, 2.05) is 24.3 Å². The summed E-state index contributed by atoms with van der Waals surface area (Å²) in [6.07, 6.45) is 0. The van der Waals surface area contributed by atoms with Gasteiger partial charge in [-0.1, -0.05) is 188 Å². The standard InChI is InChI=1S/C66H46N4/c1-43-19-9-11-25-50(43)47-34-37-63-56(39-47)53-28-14-17-31-61(53)69(63)60-30-16-13-27-52(60)55-36-33-49(59-42-58(45-21-5-3-6-22-45)67-66(68-59)46-23-7-4-8-24-46)41-65(55)70-62-32-18-15-29-54(62)57-40-48(35-38-64(57)70)51-26-12-10-20-44(51)2/h3-42H,1-2H3. The molecule has 0 atom stereocenters. The van der Waals surface area contributed by atoms with Crippen LogP contribution in [-0.4, -0.2) is 19.1 Å². The molecule has 0 spiro atoms. The Morgan fingerprint density at radius 1 is 0.271 bits per heavy atom. The molecular formula is C66H46N4. The monoisotopic (exact) mass is 894 g/mol. The molecule has 10 aromatic carbocycles. The minimum absolute atomic E-state index is 0.686. The van der Waals surface area contributed by atoms with Crippen LogP contribution in [0.15, 0.2) is 243 Å². The van der Waals surface area contributed by atoms with E-state index in [1.165, 1.54) is 54.9 Å². The normalized spacial score (nSPS) is 11.6. The van der Waals surface area contributed by atoms with Gasteiger partial charge in [-0.25, -0.2) is 9.97 Å². The van der Waals surface area contributed by atoms with E-state index < -0.39 is 0 Å². The van der Waals surface area contributed by atoms with Crippen LogP contribution in [0.1, 0.15) is 11.1 Å². The number of aromatic nitrogens is 4. The van der Waals surface area contributed by atoms with E-state index in [4.69, 9.17) is 9.97 Å². The molecule has 0 saturated carbocycles. The van der Waals surface area contributed by atoms with Gasteiger partial charge >= 0.3 is 0 Å². The second-order valence-corrected chi connectivity index (χ2v) is 18.2. The highest BCUT2D eigenvalue weighted by atomic mass is 15.0. The Labute approximate surface area is 407 Å². The summed E-state index contributed by atoms with van der Waals surface area (Å²) in [6, 6.07) is 87.5. The Morgan fingerprint density at radius 3 is 1.29 bits per heavy atom. The average molecular weight is 895 g/mol. The number of hydrogen-bond donors (Lipinski definition) is 0. The Bertz CT molecular complexity index is 4080. The maximum absolute atomic E-state index is 5.34. The van der Waals surface area contributed by atoms with Crippen LogP contribution in [0.4, 0.5) is 0 Å². The molecule has 0 N–H and O–H groups in total. The van der Waals surface area contributed by atoms with Crippen LogP contribution >= 0.6 is 0 Å². The fraction of sp³-hybridized carbons (Fsp3) is 0.0303. The molecule has 0 radical (unpaired) electrons. The first-order valence-electron chi connectivity index (χ1n) is 24.0. The Balaban J connectivity index is 1.08. The van der Waals surface area contributed by atoms with Gasteiger partial charge in [0.25, 0.3) is 0 Å². The van der Waals surface area contributed by atoms with Gasteiger partial charge in [0.1, 0.15) is 0 Å². The summed E-state index contributed by atoms with van der Waals surface area (Å²) in [5.74, 6) is 0.686. The van der Waals surface area contributed by atoms with Crippen LogP contribution in [0.2, 0.25) is 0 Å². The van der Waals surface area contributed by atoms with Gasteiger partial charge in [-0.05, 0) is 102 Å². The summed E-state index contributed by atoms with van der Waals surface area (Å²) >= 11 is 0. The maximum atomic E-state index is 5.34. The van der Waals surface area contributed by atoms with Gasteiger partial charge in [0.15, 0.2) is 5.82 Å². The minimum atomic E-state index is 0.686. The van der Waals surface area contributed by atoms with E-state index in [-0.39, 0.29) is 0 Å². The summed E-state index contributed by atoms with van der Waals surface area (Å²) in [4.78, 5) is 10.5. The number of hydrogen-bond acceptors (Lipinski definition) is 2. The summed E-state index contributed by atoms with van der Waals surface area (Å²) in [5.41, 5.74) is 21.1. The first kappa shape index (κ1) is 41.1. The van der Waals surface area contributed by atoms with E-state index in [2.05, 4.69) is 241 Å². The zero-order valence-corrected chi connectivity index (χ0v) is 38.9. The molecule has 0 aliphatic carbocycles. The summed E-state index contributed by atoms with van der Waals surface area (Å²) < 4.78 is 4.93. The van der Waals surface area contributed by atoms with E-state index >= 15 is 0 Å². The number of nitrogens with zero attached hydrogens (tertiary/aromatic N) is 4. The lowest BCUT2D eigenvalue weighted by Crippen LogP contribution is -2.02. The summed E-state index contributed by atoms with van der Waals surface area (Å²) in [6.45, 7) is 4.38. The summed E-state index contributed by atoms with van der Waals surface area (Å²) in [7, 11) is 0. The van der Waals surface area contributed by atoms with E-state index in [0.717, 1.165) is 72.6 Å². The largest absolute Gasteiger partial charge is 0.309 e. The van der Waals surface area contributed by atoms with Crippen LogP contribution in [0, 0.1) is 13.8 Å². The number of aryl methyl sites for hydroxylation is 2. The topological polar surface area (TPSA) is 35.6 Å². The quantitative estimate of drug-likeness (QED) is 0.152. The van der Waals surface area contributed by atoms with Crippen molar-refractivity contribution < 1.29 is 0 Å². The van der Waals surface area contributed by atoms with Crippen molar-refractivity contribution in [1.29, 1.82) is 0 Å². The van der Waals surface area contributed by atoms with Crippen molar-refractivity contribution >= 4 is 43.6 Å². The third kappa shape index (κ3) is 6.92. The number of para-hydroxylation sites is 3. The lowest BCUT2D eigenvalue weighted by Gasteiger charge is -2.20. The predicted octanol–water partition coefficient (Wildman–Crippen LogP) is 17.3. The molecule has 13 aromatic rings. The van der Waals surface area contributed by atoms with Gasteiger partial charge in [0.2, 0.25) is 0 Å². The predicted molar refractivity (Wildman–Crippen MR) is 293 cm³/mol. The first-order valence-corrected chi connectivity index (χ1v) is 24.0. The van der Waals surface area contributed by atoms with Crippen molar-refractivity contribution in [3.63, 3.8) is 0 Å². The second-order valence-electron chi connectivity index (χ2n) is 18.2. The smallest absolute Gasteiger partial charge is 0.160 e. The molecule has 4 nitrogen and oxygen atoms in total. The molecule has 330 valence electrons. The molecule has 0 unspecified atom stereocenters. The first-order chi connectivity index (χ1) is 34.6. The lowest BCUT2D eigenvalue weighted by molar-refractivity contribution is 1.15. The summed E-state index contributed by atoms with van der Waals surface area (Å²) in [5, 5.41) is 4.84. The van der Waals surface area contributed by atoms with Gasteiger partial charge in [-0.15, -0.1) is 0 Å². The van der Waals surface area contributed by atoms with Crippen LogP contribution in [0.25, 0.3) is 122 Å². The third-order valence-electron chi connectivity index (χ3n) is 14.1.